The summed E-state index contributed by atoms with van der Waals surface area (Å²) < 4.78 is 0. The Labute approximate surface area is 150 Å². The van der Waals surface area contributed by atoms with Crippen LogP contribution in [0.25, 0.3) is 11.1 Å². The molecule has 4 heterocycles. The lowest BCUT2D eigenvalue weighted by atomic mass is 10.0. The Balaban J connectivity index is 1.79. The predicted octanol–water partition coefficient (Wildman–Crippen LogP) is 4.35. The summed E-state index contributed by atoms with van der Waals surface area (Å²) in [5.74, 6) is 2.27. The maximum Gasteiger partial charge on any atom is 0.131 e. The van der Waals surface area contributed by atoms with Crippen molar-refractivity contribution in [2.45, 2.75) is 46.0 Å². The van der Waals surface area contributed by atoms with Gasteiger partial charge in [0.05, 0.1) is 0 Å². The van der Waals surface area contributed by atoms with Crippen LogP contribution >= 0.6 is 0 Å². The number of hydrogen-bond donors (Lipinski definition) is 0. The molecule has 0 spiro atoms. The summed E-state index contributed by atoms with van der Waals surface area (Å²) in [6.45, 7) is 8.72. The first-order chi connectivity index (χ1) is 12.2. The van der Waals surface area contributed by atoms with Gasteiger partial charge in [0, 0.05) is 43.6 Å². The zero-order valence-corrected chi connectivity index (χ0v) is 15.5. The van der Waals surface area contributed by atoms with E-state index in [-0.39, 0.29) is 0 Å². The van der Waals surface area contributed by atoms with Gasteiger partial charge in [-0.1, -0.05) is 0 Å². The number of pyridine rings is 2. The van der Waals surface area contributed by atoms with Gasteiger partial charge in [-0.15, -0.1) is 0 Å². The first-order valence-electron chi connectivity index (χ1n) is 9.66. The molecule has 2 aromatic rings. The standard InChI is InChI=1S/C21H28N4/c1-16-12-19(17(2)22-15-16)18-13-20(24-8-4-3-5-9-24)23-21(14-18)25-10-6-7-11-25/h12-15H,3-11H2,1-2H3. The molecular formula is C21H28N4. The molecule has 2 saturated heterocycles. The summed E-state index contributed by atoms with van der Waals surface area (Å²) in [6.07, 6.45) is 8.39. The number of hydrogen-bond acceptors (Lipinski definition) is 4. The SMILES string of the molecule is Cc1cnc(C)c(-c2cc(N3CCCCC3)nc(N3CCCC3)c2)c1. The van der Waals surface area contributed by atoms with Gasteiger partial charge in [-0.25, -0.2) is 4.98 Å². The lowest BCUT2D eigenvalue weighted by molar-refractivity contribution is 0.573. The molecule has 2 aromatic heterocycles. The van der Waals surface area contributed by atoms with Gasteiger partial charge in [-0.3, -0.25) is 4.98 Å². The molecule has 4 heteroatoms. The molecule has 0 bridgehead atoms. The average molecular weight is 336 g/mol. The van der Waals surface area contributed by atoms with Crippen molar-refractivity contribution in [1.29, 1.82) is 0 Å². The quantitative estimate of drug-likeness (QED) is 0.834. The molecule has 2 fully saturated rings. The Kier molecular flexibility index (Phi) is 4.60. The lowest BCUT2D eigenvalue weighted by Crippen LogP contribution is -2.31. The summed E-state index contributed by atoms with van der Waals surface area (Å²) in [6, 6.07) is 6.79. The summed E-state index contributed by atoms with van der Waals surface area (Å²) in [5, 5.41) is 0. The molecule has 0 radical (unpaired) electrons. The maximum atomic E-state index is 5.05. The smallest absolute Gasteiger partial charge is 0.131 e. The van der Waals surface area contributed by atoms with E-state index in [1.165, 1.54) is 48.8 Å². The average Bonchev–Trinajstić information content (AvgIpc) is 3.19. The largest absolute Gasteiger partial charge is 0.357 e. The second-order valence-electron chi connectivity index (χ2n) is 7.46. The zero-order valence-electron chi connectivity index (χ0n) is 15.5. The molecule has 0 N–H and O–H groups in total. The van der Waals surface area contributed by atoms with Crippen LogP contribution < -0.4 is 9.80 Å². The number of anilines is 2. The normalized spacial score (nSPS) is 18.0. The van der Waals surface area contributed by atoms with Crippen LogP contribution in [-0.2, 0) is 0 Å². The fourth-order valence-electron chi connectivity index (χ4n) is 3.98. The second kappa shape index (κ2) is 7.03. The van der Waals surface area contributed by atoms with Crippen LogP contribution in [0.4, 0.5) is 11.6 Å². The fraction of sp³-hybridized carbons (Fsp3) is 0.524. The Bertz CT molecular complexity index is 744. The highest BCUT2D eigenvalue weighted by molar-refractivity contribution is 5.73. The number of piperidine rings is 1. The van der Waals surface area contributed by atoms with Crippen LogP contribution in [0.3, 0.4) is 0 Å². The third kappa shape index (κ3) is 3.48. The third-order valence-electron chi connectivity index (χ3n) is 5.44. The molecule has 0 unspecified atom stereocenters. The van der Waals surface area contributed by atoms with Gasteiger partial charge in [0.15, 0.2) is 0 Å². The van der Waals surface area contributed by atoms with Gasteiger partial charge in [0.25, 0.3) is 0 Å². The van der Waals surface area contributed by atoms with Crippen molar-refractivity contribution in [3.05, 3.63) is 35.7 Å². The van der Waals surface area contributed by atoms with Crippen molar-refractivity contribution in [3.8, 4) is 11.1 Å². The highest BCUT2D eigenvalue weighted by atomic mass is 15.2. The van der Waals surface area contributed by atoms with Gasteiger partial charge in [-0.05, 0) is 75.3 Å². The van der Waals surface area contributed by atoms with Crippen molar-refractivity contribution >= 4 is 11.6 Å². The minimum absolute atomic E-state index is 1.09. The molecule has 0 atom stereocenters. The van der Waals surface area contributed by atoms with E-state index in [0.29, 0.717) is 0 Å². The second-order valence-corrected chi connectivity index (χ2v) is 7.46. The summed E-state index contributed by atoms with van der Waals surface area (Å²) in [5.41, 5.74) is 4.79. The third-order valence-corrected chi connectivity index (χ3v) is 5.44. The first-order valence-corrected chi connectivity index (χ1v) is 9.66. The number of nitrogens with zero attached hydrogens (tertiary/aromatic N) is 4. The lowest BCUT2D eigenvalue weighted by Gasteiger charge is -2.29. The van der Waals surface area contributed by atoms with Crippen molar-refractivity contribution in [3.63, 3.8) is 0 Å². The molecular weight excluding hydrogens is 308 g/mol. The van der Waals surface area contributed by atoms with E-state index in [1.54, 1.807) is 0 Å². The van der Waals surface area contributed by atoms with E-state index < -0.39 is 0 Å². The molecule has 132 valence electrons. The predicted molar refractivity (Wildman–Crippen MR) is 104 cm³/mol. The molecule has 4 rings (SSSR count). The van der Waals surface area contributed by atoms with E-state index >= 15 is 0 Å². The van der Waals surface area contributed by atoms with Gasteiger partial charge in [0.1, 0.15) is 11.6 Å². The molecule has 0 amide bonds. The Hall–Kier alpha value is -2.10. The van der Waals surface area contributed by atoms with Crippen LogP contribution in [-0.4, -0.2) is 36.1 Å². The molecule has 2 aliphatic rings. The highest BCUT2D eigenvalue weighted by Crippen LogP contribution is 2.32. The van der Waals surface area contributed by atoms with Gasteiger partial charge in [-0.2, -0.15) is 0 Å². The zero-order chi connectivity index (χ0) is 17.2. The van der Waals surface area contributed by atoms with E-state index in [4.69, 9.17) is 4.98 Å². The van der Waals surface area contributed by atoms with Crippen LogP contribution in [0.1, 0.15) is 43.4 Å². The number of aromatic nitrogens is 2. The number of aryl methyl sites for hydroxylation is 2. The van der Waals surface area contributed by atoms with Crippen molar-refractivity contribution in [2.75, 3.05) is 36.0 Å². The molecule has 0 saturated carbocycles. The molecule has 25 heavy (non-hydrogen) atoms. The molecule has 4 nitrogen and oxygen atoms in total. The monoisotopic (exact) mass is 336 g/mol. The Morgan fingerprint density at radius 3 is 1.92 bits per heavy atom. The van der Waals surface area contributed by atoms with Crippen LogP contribution in [0.5, 0.6) is 0 Å². The Morgan fingerprint density at radius 1 is 0.760 bits per heavy atom. The van der Waals surface area contributed by atoms with Gasteiger partial charge < -0.3 is 9.80 Å². The van der Waals surface area contributed by atoms with Gasteiger partial charge in [0.2, 0.25) is 0 Å². The van der Waals surface area contributed by atoms with Crippen LogP contribution in [0.2, 0.25) is 0 Å². The minimum Gasteiger partial charge on any atom is -0.357 e. The Morgan fingerprint density at radius 2 is 1.32 bits per heavy atom. The van der Waals surface area contributed by atoms with Crippen LogP contribution in [0.15, 0.2) is 24.4 Å². The summed E-state index contributed by atoms with van der Waals surface area (Å²) >= 11 is 0. The number of rotatable bonds is 3. The van der Waals surface area contributed by atoms with Crippen molar-refractivity contribution in [2.24, 2.45) is 0 Å². The molecule has 0 aliphatic carbocycles. The molecule has 0 aromatic carbocycles. The summed E-state index contributed by atoms with van der Waals surface area (Å²) in [4.78, 5) is 14.5. The van der Waals surface area contributed by atoms with Gasteiger partial charge >= 0.3 is 0 Å². The molecule has 2 aliphatic heterocycles. The fourth-order valence-corrected chi connectivity index (χ4v) is 3.98. The van der Waals surface area contributed by atoms with Crippen LogP contribution in [0, 0.1) is 13.8 Å². The van der Waals surface area contributed by atoms with E-state index in [2.05, 4.69) is 46.8 Å². The van der Waals surface area contributed by atoms with E-state index in [9.17, 15) is 0 Å². The first kappa shape index (κ1) is 16.4. The highest BCUT2D eigenvalue weighted by Gasteiger charge is 2.19. The van der Waals surface area contributed by atoms with E-state index in [0.717, 1.165) is 43.5 Å². The van der Waals surface area contributed by atoms with Crippen molar-refractivity contribution in [1.82, 2.24) is 9.97 Å². The van der Waals surface area contributed by atoms with E-state index in [1.807, 2.05) is 6.20 Å². The van der Waals surface area contributed by atoms with Crippen molar-refractivity contribution < 1.29 is 0 Å². The summed E-state index contributed by atoms with van der Waals surface area (Å²) in [7, 11) is 0. The minimum atomic E-state index is 1.09. The maximum absolute atomic E-state index is 5.05. The topological polar surface area (TPSA) is 32.3 Å².